The number of likely N-dealkylation sites (tertiary alicyclic amines) is 1. The van der Waals surface area contributed by atoms with Gasteiger partial charge in [-0.05, 0) is 38.4 Å². The highest BCUT2D eigenvalue weighted by atomic mass is 19.1. The van der Waals surface area contributed by atoms with Crippen molar-refractivity contribution in [2.45, 2.75) is 25.8 Å². The largest absolute Gasteiger partial charge is 0.297 e. The predicted octanol–water partition coefficient (Wildman–Crippen LogP) is 3.44. The third kappa shape index (κ3) is 2.70. The minimum Gasteiger partial charge on any atom is -0.297 e. The molecule has 1 atom stereocenters. The molecule has 2 heterocycles. The van der Waals surface area contributed by atoms with Crippen molar-refractivity contribution in [3.05, 3.63) is 48.0 Å². The molecular formula is C16H18FN3. The number of hydrogen-bond acceptors (Lipinski definition) is 3. The quantitative estimate of drug-likeness (QED) is 0.856. The van der Waals surface area contributed by atoms with Crippen LogP contribution in [0.1, 0.15) is 31.4 Å². The molecule has 3 nitrogen and oxygen atoms in total. The van der Waals surface area contributed by atoms with E-state index in [2.05, 4.69) is 33.9 Å². The van der Waals surface area contributed by atoms with Crippen LogP contribution in [-0.2, 0) is 0 Å². The van der Waals surface area contributed by atoms with Gasteiger partial charge < -0.3 is 0 Å². The first kappa shape index (κ1) is 13.2. The molecule has 1 saturated heterocycles. The van der Waals surface area contributed by atoms with Gasteiger partial charge in [-0.3, -0.25) is 4.90 Å². The highest BCUT2D eigenvalue weighted by Crippen LogP contribution is 2.26. The molecular weight excluding hydrogens is 253 g/mol. The zero-order valence-corrected chi connectivity index (χ0v) is 11.6. The van der Waals surface area contributed by atoms with Crippen molar-refractivity contribution < 1.29 is 4.39 Å². The van der Waals surface area contributed by atoms with E-state index < -0.39 is 5.82 Å². The third-order valence-corrected chi connectivity index (χ3v) is 3.96. The summed E-state index contributed by atoms with van der Waals surface area (Å²) in [7, 11) is 0. The summed E-state index contributed by atoms with van der Waals surface area (Å²) in [6, 6.07) is 8.70. The molecule has 104 valence electrons. The van der Waals surface area contributed by atoms with E-state index in [1.807, 2.05) is 12.1 Å². The fourth-order valence-corrected chi connectivity index (χ4v) is 2.71. The van der Waals surface area contributed by atoms with Crippen molar-refractivity contribution >= 4 is 0 Å². The number of halogens is 1. The van der Waals surface area contributed by atoms with Gasteiger partial charge in [0.25, 0.3) is 0 Å². The number of aromatic nitrogens is 2. The van der Waals surface area contributed by atoms with Crippen LogP contribution in [0.4, 0.5) is 4.39 Å². The maximum atomic E-state index is 12.8. The normalized spacial score (nSPS) is 17.3. The van der Waals surface area contributed by atoms with Gasteiger partial charge in [0.15, 0.2) is 11.6 Å². The second-order valence-corrected chi connectivity index (χ2v) is 5.27. The Morgan fingerprint density at radius 2 is 1.65 bits per heavy atom. The summed E-state index contributed by atoms with van der Waals surface area (Å²) in [6.45, 7) is 4.61. The predicted molar refractivity (Wildman–Crippen MR) is 76.6 cm³/mol. The van der Waals surface area contributed by atoms with E-state index in [4.69, 9.17) is 0 Å². The number of rotatable bonds is 3. The van der Waals surface area contributed by atoms with Crippen LogP contribution < -0.4 is 0 Å². The zero-order chi connectivity index (χ0) is 13.9. The molecule has 1 aliphatic rings. The number of benzene rings is 1. The Kier molecular flexibility index (Phi) is 3.74. The topological polar surface area (TPSA) is 29.0 Å². The summed E-state index contributed by atoms with van der Waals surface area (Å²) >= 11 is 0. The average molecular weight is 271 g/mol. The lowest BCUT2D eigenvalue weighted by Gasteiger charge is -2.24. The minimum atomic E-state index is -0.409. The summed E-state index contributed by atoms with van der Waals surface area (Å²) in [6.07, 6.45) is 4.99. The van der Waals surface area contributed by atoms with Crippen LogP contribution in [0.3, 0.4) is 0 Å². The van der Waals surface area contributed by atoms with E-state index in [0.717, 1.165) is 5.56 Å². The summed E-state index contributed by atoms with van der Waals surface area (Å²) in [5, 5.41) is 0. The molecule has 0 amide bonds. The highest BCUT2D eigenvalue weighted by Gasteiger charge is 2.19. The van der Waals surface area contributed by atoms with Crippen LogP contribution in [0.2, 0.25) is 0 Å². The maximum Gasteiger partial charge on any atom is 0.159 e. The molecule has 0 spiro atoms. The van der Waals surface area contributed by atoms with Gasteiger partial charge in [-0.2, -0.15) is 0 Å². The Hall–Kier alpha value is -1.81. The SMILES string of the molecule is C[C@@H](c1ccc(-c2ncc(F)cn2)cc1)N1CCCC1. The Morgan fingerprint density at radius 1 is 1.05 bits per heavy atom. The van der Waals surface area contributed by atoms with E-state index in [1.165, 1.54) is 43.9 Å². The highest BCUT2D eigenvalue weighted by molar-refractivity contribution is 5.55. The van der Waals surface area contributed by atoms with E-state index in [9.17, 15) is 4.39 Å². The van der Waals surface area contributed by atoms with E-state index >= 15 is 0 Å². The van der Waals surface area contributed by atoms with Crippen molar-refractivity contribution in [2.75, 3.05) is 13.1 Å². The van der Waals surface area contributed by atoms with Gasteiger partial charge in [-0.25, -0.2) is 14.4 Å². The molecule has 1 aromatic heterocycles. The third-order valence-electron chi connectivity index (χ3n) is 3.96. The van der Waals surface area contributed by atoms with Crippen molar-refractivity contribution in [1.29, 1.82) is 0 Å². The molecule has 1 aliphatic heterocycles. The summed E-state index contributed by atoms with van der Waals surface area (Å²) in [5.41, 5.74) is 2.22. The van der Waals surface area contributed by atoms with Gasteiger partial charge in [-0.15, -0.1) is 0 Å². The van der Waals surface area contributed by atoms with Crippen LogP contribution in [0.5, 0.6) is 0 Å². The molecule has 0 aliphatic carbocycles. The Balaban J connectivity index is 1.78. The van der Waals surface area contributed by atoms with Crippen LogP contribution in [0.25, 0.3) is 11.4 Å². The second kappa shape index (κ2) is 5.67. The van der Waals surface area contributed by atoms with Crippen LogP contribution in [0, 0.1) is 5.82 Å². The molecule has 3 rings (SSSR count). The van der Waals surface area contributed by atoms with Crippen molar-refractivity contribution in [1.82, 2.24) is 14.9 Å². The lowest BCUT2D eigenvalue weighted by molar-refractivity contribution is 0.263. The van der Waals surface area contributed by atoms with Crippen LogP contribution >= 0.6 is 0 Å². The molecule has 1 fully saturated rings. The standard InChI is InChI=1S/C16H18FN3/c1-12(20-8-2-3-9-20)13-4-6-14(7-5-13)16-18-10-15(17)11-19-16/h4-7,10-12H,2-3,8-9H2,1H3/t12-/m0/s1. The minimum absolute atomic E-state index is 0.409. The van der Waals surface area contributed by atoms with Gasteiger partial charge >= 0.3 is 0 Å². The lowest BCUT2D eigenvalue weighted by atomic mass is 10.0. The Labute approximate surface area is 118 Å². The molecule has 1 aromatic carbocycles. The molecule has 0 unspecified atom stereocenters. The molecule has 2 aromatic rings. The van der Waals surface area contributed by atoms with Crippen LogP contribution in [0.15, 0.2) is 36.7 Å². The summed E-state index contributed by atoms with van der Waals surface area (Å²) in [5.74, 6) is 0.153. The van der Waals surface area contributed by atoms with Crippen molar-refractivity contribution in [3.63, 3.8) is 0 Å². The Morgan fingerprint density at radius 3 is 2.25 bits per heavy atom. The second-order valence-electron chi connectivity index (χ2n) is 5.27. The monoisotopic (exact) mass is 271 g/mol. The number of hydrogen-bond donors (Lipinski definition) is 0. The zero-order valence-electron chi connectivity index (χ0n) is 11.6. The van der Waals surface area contributed by atoms with Crippen molar-refractivity contribution in [3.8, 4) is 11.4 Å². The molecule has 4 heteroatoms. The van der Waals surface area contributed by atoms with Gasteiger partial charge in [0, 0.05) is 11.6 Å². The van der Waals surface area contributed by atoms with Crippen molar-refractivity contribution in [2.24, 2.45) is 0 Å². The number of nitrogens with zero attached hydrogens (tertiary/aromatic N) is 3. The first-order chi connectivity index (χ1) is 9.74. The maximum absolute atomic E-state index is 12.8. The van der Waals surface area contributed by atoms with E-state index in [0.29, 0.717) is 11.9 Å². The van der Waals surface area contributed by atoms with E-state index in [1.54, 1.807) is 0 Å². The Bertz CT molecular complexity index is 559. The lowest BCUT2D eigenvalue weighted by Crippen LogP contribution is -2.23. The summed E-state index contributed by atoms with van der Waals surface area (Å²) in [4.78, 5) is 10.5. The fraction of sp³-hybridized carbons (Fsp3) is 0.375. The average Bonchev–Trinajstić information content (AvgIpc) is 3.02. The molecule has 0 N–H and O–H groups in total. The molecule has 0 saturated carbocycles. The smallest absolute Gasteiger partial charge is 0.159 e. The van der Waals surface area contributed by atoms with Gasteiger partial charge in [0.1, 0.15) is 0 Å². The first-order valence-electron chi connectivity index (χ1n) is 7.06. The molecule has 20 heavy (non-hydrogen) atoms. The van der Waals surface area contributed by atoms with E-state index in [-0.39, 0.29) is 0 Å². The van der Waals surface area contributed by atoms with Gasteiger partial charge in [0.05, 0.1) is 12.4 Å². The van der Waals surface area contributed by atoms with Crippen LogP contribution in [-0.4, -0.2) is 28.0 Å². The first-order valence-corrected chi connectivity index (χ1v) is 7.06. The summed E-state index contributed by atoms with van der Waals surface area (Å²) < 4.78 is 12.8. The molecule has 0 bridgehead atoms. The molecule has 0 radical (unpaired) electrons. The fourth-order valence-electron chi connectivity index (χ4n) is 2.71. The van der Waals surface area contributed by atoms with Gasteiger partial charge in [0.2, 0.25) is 0 Å². The van der Waals surface area contributed by atoms with Gasteiger partial charge in [-0.1, -0.05) is 24.3 Å².